The van der Waals surface area contributed by atoms with Crippen molar-refractivity contribution in [1.82, 2.24) is 14.7 Å². The van der Waals surface area contributed by atoms with Gasteiger partial charge in [0.05, 0.1) is 12.1 Å². The van der Waals surface area contributed by atoms with Gasteiger partial charge in [0.25, 0.3) is 11.5 Å². The van der Waals surface area contributed by atoms with E-state index in [-0.39, 0.29) is 11.5 Å². The number of anilines is 1. The highest BCUT2D eigenvalue weighted by molar-refractivity contribution is 6.04. The minimum Gasteiger partial charge on any atom is -0.501 e. The standard InChI is InChI=1S/C24H21FN4O4/c1-29-22(28-20(21(30)24(29)32)23(31)27-17-13-26-33-14-17)18(12-25)19(15-8-4-2-5-9-15)16-10-6-3-7-11-16/h2-11,13-14,18-19,30H,12H2,1H3,(H,27,31). The molecule has 2 aromatic carbocycles. The van der Waals surface area contributed by atoms with Crippen LogP contribution in [0.2, 0.25) is 0 Å². The van der Waals surface area contributed by atoms with Crippen LogP contribution in [-0.4, -0.2) is 32.4 Å². The second-order valence-corrected chi connectivity index (χ2v) is 7.46. The van der Waals surface area contributed by atoms with Crippen LogP contribution in [0.3, 0.4) is 0 Å². The summed E-state index contributed by atoms with van der Waals surface area (Å²) in [7, 11) is 1.39. The fourth-order valence-corrected chi connectivity index (χ4v) is 3.84. The number of nitrogens with zero attached hydrogens (tertiary/aromatic N) is 3. The third-order valence-corrected chi connectivity index (χ3v) is 5.42. The molecule has 0 aliphatic heterocycles. The lowest BCUT2D eigenvalue weighted by Crippen LogP contribution is -2.31. The van der Waals surface area contributed by atoms with Gasteiger partial charge in [0.1, 0.15) is 24.4 Å². The Morgan fingerprint density at radius 3 is 2.24 bits per heavy atom. The van der Waals surface area contributed by atoms with Crippen molar-refractivity contribution in [3.8, 4) is 5.75 Å². The van der Waals surface area contributed by atoms with E-state index in [9.17, 15) is 19.1 Å². The predicted molar refractivity (Wildman–Crippen MR) is 119 cm³/mol. The summed E-state index contributed by atoms with van der Waals surface area (Å²) in [4.78, 5) is 29.8. The van der Waals surface area contributed by atoms with Crippen LogP contribution in [0.1, 0.15) is 39.3 Å². The van der Waals surface area contributed by atoms with E-state index in [1.54, 1.807) is 0 Å². The van der Waals surface area contributed by atoms with Gasteiger partial charge < -0.3 is 14.9 Å². The highest BCUT2D eigenvalue weighted by atomic mass is 19.1. The molecule has 2 aromatic heterocycles. The second kappa shape index (κ2) is 9.47. The van der Waals surface area contributed by atoms with E-state index in [1.807, 2.05) is 60.7 Å². The first-order valence-electron chi connectivity index (χ1n) is 10.2. The summed E-state index contributed by atoms with van der Waals surface area (Å²) in [6.45, 7) is -0.855. The number of carbonyl (C=O) groups is 1. The fourth-order valence-electron chi connectivity index (χ4n) is 3.84. The SMILES string of the molecule is Cn1c(C(CF)C(c2ccccc2)c2ccccc2)nc(C(=O)Nc2cnoc2)c(O)c1=O. The number of aromatic nitrogens is 3. The van der Waals surface area contributed by atoms with E-state index in [0.29, 0.717) is 0 Å². The van der Waals surface area contributed by atoms with E-state index in [4.69, 9.17) is 0 Å². The van der Waals surface area contributed by atoms with Gasteiger partial charge in [0, 0.05) is 13.0 Å². The van der Waals surface area contributed by atoms with Gasteiger partial charge >= 0.3 is 0 Å². The summed E-state index contributed by atoms with van der Waals surface area (Å²) in [6.07, 6.45) is 2.43. The molecule has 0 bridgehead atoms. The van der Waals surface area contributed by atoms with Gasteiger partial charge in [-0.2, -0.15) is 0 Å². The van der Waals surface area contributed by atoms with E-state index in [2.05, 4.69) is 20.0 Å². The number of hydrogen-bond acceptors (Lipinski definition) is 6. The van der Waals surface area contributed by atoms with Crippen molar-refractivity contribution >= 4 is 11.6 Å². The highest BCUT2D eigenvalue weighted by Crippen LogP contribution is 2.38. The normalized spacial score (nSPS) is 12.0. The summed E-state index contributed by atoms with van der Waals surface area (Å²) in [5, 5.41) is 16.3. The summed E-state index contributed by atoms with van der Waals surface area (Å²) in [5.74, 6) is -3.04. The zero-order chi connectivity index (χ0) is 23.4. The minimum atomic E-state index is -0.907. The van der Waals surface area contributed by atoms with Crippen LogP contribution >= 0.6 is 0 Å². The lowest BCUT2D eigenvalue weighted by atomic mass is 9.80. The van der Waals surface area contributed by atoms with Crippen LogP contribution < -0.4 is 10.9 Å². The first-order chi connectivity index (χ1) is 16.0. The molecule has 8 nitrogen and oxygen atoms in total. The number of halogens is 1. The Hall–Kier alpha value is -4.27. The Bertz CT molecular complexity index is 1250. The average Bonchev–Trinajstić information content (AvgIpc) is 3.35. The predicted octanol–water partition coefficient (Wildman–Crippen LogP) is 3.61. The molecule has 0 fully saturated rings. The van der Waals surface area contributed by atoms with Crippen molar-refractivity contribution in [2.45, 2.75) is 11.8 Å². The summed E-state index contributed by atoms with van der Waals surface area (Å²) in [5.41, 5.74) is 0.506. The molecule has 0 spiro atoms. The van der Waals surface area contributed by atoms with E-state index in [0.717, 1.165) is 15.7 Å². The molecular formula is C24H21FN4O4. The molecule has 4 aromatic rings. The van der Waals surface area contributed by atoms with Crippen LogP contribution in [0.4, 0.5) is 10.1 Å². The Morgan fingerprint density at radius 1 is 1.12 bits per heavy atom. The van der Waals surface area contributed by atoms with Crippen molar-refractivity contribution in [3.63, 3.8) is 0 Å². The molecule has 168 valence electrons. The second-order valence-electron chi connectivity index (χ2n) is 7.46. The quantitative estimate of drug-likeness (QED) is 0.447. The number of alkyl halides is 1. The zero-order valence-electron chi connectivity index (χ0n) is 17.7. The number of rotatable bonds is 7. The highest BCUT2D eigenvalue weighted by Gasteiger charge is 2.32. The average molecular weight is 448 g/mol. The van der Waals surface area contributed by atoms with E-state index in [1.165, 1.54) is 19.5 Å². The molecule has 0 radical (unpaired) electrons. The number of amides is 1. The summed E-state index contributed by atoms with van der Waals surface area (Å²) < 4.78 is 20.4. The van der Waals surface area contributed by atoms with Crippen molar-refractivity contribution < 1.29 is 18.8 Å². The van der Waals surface area contributed by atoms with E-state index < -0.39 is 41.4 Å². The number of hydrogen-bond donors (Lipinski definition) is 2. The summed E-state index contributed by atoms with van der Waals surface area (Å²) in [6, 6.07) is 18.6. The molecule has 2 heterocycles. The van der Waals surface area contributed by atoms with Crippen LogP contribution in [0.5, 0.6) is 5.75 Å². The topological polar surface area (TPSA) is 110 Å². The van der Waals surface area contributed by atoms with Crippen LogP contribution in [0.15, 0.2) is 82.4 Å². The smallest absolute Gasteiger partial charge is 0.296 e. The lowest BCUT2D eigenvalue weighted by molar-refractivity contribution is 0.101. The van der Waals surface area contributed by atoms with Crippen LogP contribution in [0, 0.1) is 0 Å². The van der Waals surface area contributed by atoms with Crippen molar-refractivity contribution in [2.75, 3.05) is 12.0 Å². The molecule has 9 heteroatoms. The monoisotopic (exact) mass is 448 g/mol. The number of aromatic hydroxyl groups is 1. The van der Waals surface area contributed by atoms with Crippen molar-refractivity contribution in [3.05, 3.63) is 106 Å². The Labute approximate surface area is 188 Å². The first-order valence-corrected chi connectivity index (χ1v) is 10.2. The van der Waals surface area contributed by atoms with Gasteiger partial charge in [-0.1, -0.05) is 65.8 Å². The summed E-state index contributed by atoms with van der Waals surface area (Å²) >= 11 is 0. The molecule has 4 rings (SSSR count). The van der Waals surface area contributed by atoms with Gasteiger partial charge in [-0.05, 0) is 11.1 Å². The Morgan fingerprint density at radius 2 is 1.73 bits per heavy atom. The molecule has 1 unspecified atom stereocenters. The molecule has 1 amide bonds. The molecule has 0 saturated carbocycles. The van der Waals surface area contributed by atoms with Gasteiger partial charge in [0.2, 0.25) is 5.75 Å². The van der Waals surface area contributed by atoms with Gasteiger partial charge in [-0.3, -0.25) is 18.5 Å². The third kappa shape index (κ3) is 4.38. The van der Waals surface area contributed by atoms with E-state index >= 15 is 0 Å². The molecule has 2 N–H and O–H groups in total. The molecule has 33 heavy (non-hydrogen) atoms. The molecule has 0 aliphatic rings. The fraction of sp³-hybridized carbons (Fsp3) is 0.167. The number of benzene rings is 2. The largest absolute Gasteiger partial charge is 0.501 e. The zero-order valence-corrected chi connectivity index (χ0v) is 17.7. The van der Waals surface area contributed by atoms with Crippen LogP contribution in [-0.2, 0) is 7.05 Å². The first kappa shape index (κ1) is 21.9. The minimum absolute atomic E-state index is 0.0356. The maximum absolute atomic E-state index is 14.7. The third-order valence-electron chi connectivity index (χ3n) is 5.42. The molecular weight excluding hydrogens is 427 g/mol. The van der Waals surface area contributed by atoms with Crippen molar-refractivity contribution in [2.24, 2.45) is 7.05 Å². The lowest BCUT2D eigenvalue weighted by Gasteiger charge is -2.27. The molecule has 0 aliphatic carbocycles. The maximum atomic E-state index is 14.7. The van der Waals surface area contributed by atoms with Crippen molar-refractivity contribution in [1.29, 1.82) is 0 Å². The maximum Gasteiger partial charge on any atom is 0.296 e. The van der Waals surface area contributed by atoms with Gasteiger partial charge in [-0.25, -0.2) is 4.98 Å². The Kier molecular flexibility index (Phi) is 6.30. The van der Waals surface area contributed by atoms with Gasteiger partial charge in [-0.15, -0.1) is 0 Å². The van der Waals surface area contributed by atoms with Crippen LogP contribution in [0.25, 0.3) is 0 Å². The Balaban J connectivity index is 1.85. The number of carbonyl (C=O) groups excluding carboxylic acids is 1. The molecule has 0 saturated heterocycles. The number of nitrogens with one attached hydrogen (secondary N) is 1. The van der Waals surface area contributed by atoms with Gasteiger partial charge in [0.15, 0.2) is 5.69 Å². The molecule has 1 atom stereocenters.